The van der Waals surface area contributed by atoms with Gasteiger partial charge in [-0.2, -0.15) is 13.2 Å². The minimum Gasteiger partial charge on any atom is -0.206 e. The topological polar surface area (TPSA) is 0 Å². The molecule has 0 heterocycles. The van der Waals surface area contributed by atoms with E-state index in [1.807, 2.05) is 0 Å². The van der Waals surface area contributed by atoms with E-state index in [9.17, 15) is 22.0 Å². The van der Waals surface area contributed by atoms with Crippen LogP contribution in [-0.2, 0) is 12.6 Å². The number of halogens is 5. The Morgan fingerprint density at radius 3 is 2.16 bits per heavy atom. The van der Waals surface area contributed by atoms with Gasteiger partial charge in [0.2, 0.25) is 0 Å². The Balaban J connectivity index is 1.87. The molecule has 0 atom stereocenters. The molecule has 0 aliphatic heterocycles. The molecule has 0 spiro atoms. The lowest BCUT2D eigenvalue weighted by Gasteiger charge is -2.26. The molecular formula is C20H25F5. The summed E-state index contributed by atoms with van der Waals surface area (Å²) in [5.41, 5.74) is -1.50. The van der Waals surface area contributed by atoms with E-state index < -0.39 is 23.4 Å². The van der Waals surface area contributed by atoms with Crippen LogP contribution in [0, 0.1) is 23.5 Å². The van der Waals surface area contributed by atoms with Crippen LogP contribution >= 0.6 is 0 Å². The van der Waals surface area contributed by atoms with Crippen molar-refractivity contribution in [1.82, 2.24) is 0 Å². The van der Waals surface area contributed by atoms with Crippen molar-refractivity contribution in [3.05, 3.63) is 47.0 Å². The summed E-state index contributed by atoms with van der Waals surface area (Å²) in [5.74, 6) is -1.95. The Labute approximate surface area is 146 Å². The van der Waals surface area contributed by atoms with Gasteiger partial charge in [0.25, 0.3) is 0 Å². The van der Waals surface area contributed by atoms with Crippen molar-refractivity contribution >= 4 is 0 Å². The smallest absolute Gasteiger partial charge is 0.206 e. The number of rotatable bonds is 6. The lowest BCUT2D eigenvalue weighted by atomic mass is 9.79. The lowest BCUT2D eigenvalue weighted by molar-refractivity contribution is -0.142. The molecule has 1 saturated carbocycles. The van der Waals surface area contributed by atoms with Gasteiger partial charge in [0.05, 0.1) is 0 Å². The predicted octanol–water partition coefficient (Wildman–Crippen LogP) is 7.08. The molecule has 1 fully saturated rings. The zero-order valence-electron chi connectivity index (χ0n) is 14.5. The first kappa shape index (κ1) is 19.9. The highest BCUT2D eigenvalue weighted by Gasteiger charge is 2.37. The molecule has 0 saturated heterocycles. The number of alkyl halides is 3. The fraction of sp³-hybridized carbons (Fsp3) is 0.600. The SMILES string of the molecule is CCCC=CC1CCC(CCc2cc(F)c(C(F)(F)F)c(F)c2)CC1. The van der Waals surface area contributed by atoms with E-state index >= 15 is 0 Å². The zero-order valence-corrected chi connectivity index (χ0v) is 14.5. The van der Waals surface area contributed by atoms with E-state index in [4.69, 9.17) is 0 Å². The highest BCUT2D eigenvalue weighted by molar-refractivity contribution is 5.28. The standard InChI is InChI=1S/C20H25F5/c1-2-3-4-5-14-6-8-15(9-7-14)10-11-16-12-17(21)19(18(22)13-16)20(23,24)25/h4-5,12-15H,2-3,6-11H2,1H3. The minimum absolute atomic E-state index is 0.299. The summed E-state index contributed by atoms with van der Waals surface area (Å²) >= 11 is 0. The highest BCUT2D eigenvalue weighted by atomic mass is 19.4. The van der Waals surface area contributed by atoms with E-state index in [1.165, 1.54) is 0 Å². The Bertz CT molecular complexity index is 557. The number of hydrogen-bond donors (Lipinski definition) is 0. The third-order valence-electron chi connectivity index (χ3n) is 4.98. The van der Waals surface area contributed by atoms with Crippen LogP contribution in [0.5, 0.6) is 0 Å². The van der Waals surface area contributed by atoms with Crippen molar-refractivity contribution in [1.29, 1.82) is 0 Å². The molecule has 0 unspecified atom stereocenters. The first-order valence-electron chi connectivity index (χ1n) is 9.03. The first-order chi connectivity index (χ1) is 11.8. The van der Waals surface area contributed by atoms with Gasteiger partial charge in [-0.3, -0.25) is 0 Å². The number of hydrogen-bond acceptors (Lipinski definition) is 0. The Hall–Kier alpha value is -1.39. The van der Waals surface area contributed by atoms with Gasteiger partial charge in [0.1, 0.15) is 17.2 Å². The molecule has 0 N–H and O–H groups in total. The van der Waals surface area contributed by atoms with E-state index in [2.05, 4.69) is 19.1 Å². The third-order valence-corrected chi connectivity index (χ3v) is 4.98. The quantitative estimate of drug-likeness (QED) is 0.376. The number of aryl methyl sites for hydroxylation is 1. The summed E-state index contributed by atoms with van der Waals surface area (Å²) in [7, 11) is 0. The summed E-state index contributed by atoms with van der Waals surface area (Å²) < 4.78 is 64.9. The van der Waals surface area contributed by atoms with Gasteiger partial charge in [0, 0.05) is 0 Å². The number of benzene rings is 1. The first-order valence-corrected chi connectivity index (χ1v) is 9.03. The van der Waals surface area contributed by atoms with E-state index in [0.717, 1.165) is 57.1 Å². The maximum atomic E-state index is 13.6. The van der Waals surface area contributed by atoms with Crippen molar-refractivity contribution in [2.24, 2.45) is 11.8 Å². The molecule has 1 aliphatic carbocycles. The molecular weight excluding hydrogens is 335 g/mol. The van der Waals surface area contributed by atoms with Gasteiger partial charge in [0.15, 0.2) is 0 Å². The van der Waals surface area contributed by atoms with E-state index in [-0.39, 0.29) is 0 Å². The Kier molecular flexibility index (Phi) is 7.03. The fourth-order valence-corrected chi connectivity index (χ4v) is 3.54. The summed E-state index contributed by atoms with van der Waals surface area (Å²) in [6.07, 6.45) is 7.29. The molecule has 5 heteroatoms. The Morgan fingerprint density at radius 2 is 1.64 bits per heavy atom. The molecule has 0 nitrogen and oxygen atoms in total. The van der Waals surface area contributed by atoms with Gasteiger partial charge >= 0.3 is 6.18 Å². The normalized spacial score (nSPS) is 21.8. The van der Waals surface area contributed by atoms with Crippen molar-refractivity contribution in [3.63, 3.8) is 0 Å². The van der Waals surface area contributed by atoms with Gasteiger partial charge in [-0.1, -0.05) is 25.5 Å². The average molecular weight is 360 g/mol. The zero-order chi connectivity index (χ0) is 18.4. The number of allylic oxidation sites excluding steroid dienone is 2. The predicted molar refractivity (Wildman–Crippen MR) is 89.2 cm³/mol. The van der Waals surface area contributed by atoms with Crippen molar-refractivity contribution in [2.45, 2.75) is 64.5 Å². The summed E-state index contributed by atoms with van der Waals surface area (Å²) in [6, 6.07) is 1.65. The molecule has 25 heavy (non-hydrogen) atoms. The van der Waals surface area contributed by atoms with Crippen LogP contribution in [0.1, 0.15) is 63.0 Å². The van der Waals surface area contributed by atoms with Gasteiger partial charge < -0.3 is 0 Å². The second kappa shape index (κ2) is 8.81. The van der Waals surface area contributed by atoms with Gasteiger partial charge in [-0.05, 0) is 74.5 Å². The third kappa shape index (κ3) is 5.82. The van der Waals surface area contributed by atoms with Crippen LogP contribution in [0.3, 0.4) is 0 Å². The lowest BCUT2D eigenvalue weighted by Crippen LogP contribution is -2.14. The maximum Gasteiger partial charge on any atom is 0.422 e. The molecule has 1 aromatic carbocycles. The molecule has 140 valence electrons. The minimum atomic E-state index is -5.00. The van der Waals surface area contributed by atoms with Crippen molar-refractivity contribution in [2.75, 3.05) is 0 Å². The van der Waals surface area contributed by atoms with Crippen LogP contribution in [0.2, 0.25) is 0 Å². The van der Waals surface area contributed by atoms with Crippen LogP contribution in [0.15, 0.2) is 24.3 Å². The second-order valence-corrected chi connectivity index (χ2v) is 6.97. The van der Waals surface area contributed by atoms with Crippen molar-refractivity contribution < 1.29 is 22.0 Å². The average Bonchev–Trinajstić information content (AvgIpc) is 2.52. The van der Waals surface area contributed by atoms with Crippen LogP contribution in [0.25, 0.3) is 0 Å². The Morgan fingerprint density at radius 1 is 1.04 bits per heavy atom. The van der Waals surface area contributed by atoms with Gasteiger partial charge in [-0.15, -0.1) is 0 Å². The maximum absolute atomic E-state index is 13.6. The largest absolute Gasteiger partial charge is 0.422 e. The fourth-order valence-electron chi connectivity index (χ4n) is 3.54. The molecule has 0 amide bonds. The summed E-state index contributed by atoms with van der Waals surface area (Å²) in [5, 5.41) is 0. The van der Waals surface area contributed by atoms with Crippen LogP contribution in [0.4, 0.5) is 22.0 Å². The second-order valence-electron chi connectivity index (χ2n) is 6.97. The van der Waals surface area contributed by atoms with E-state index in [0.29, 0.717) is 23.8 Å². The molecule has 0 bridgehead atoms. The molecule has 1 aromatic rings. The highest BCUT2D eigenvalue weighted by Crippen LogP contribution is 2.35. The molecule has 1 aliphatic rings. The number of unbranched alkanes of at least 4 members (excludes halogenated alkanes) is 1. The van der Waals surface area contributed by atoms with Gasteiger partial charge in [-0.25, -0.2) is 8.78 Å². The molecule has 0 aromatic heterocycles. The molecule has 0 radical (unpaired) electrons. The van der Waals surface area contributed by atoms with Crippen LogP contribution in [-0.4, -0.2) is 0 Å². The van der Waals surface area contributed by atoms with Crippen LogP contribution < -0.4 is 0 Å². The summed E-state index contributed by atoms with van der Waals surface area (Å²) in [6.45, 7) is 2.15. The van der Waals surface area contributed by atoms with E-state index in [1.54, 1.807) is 0 Å². The summed E-state index contributed by atoms with van der Waals surface area (Å²) in [4.78, 5) is 0. The molecule has 2 rings (SSSR count). The van der Waals surface area contributed by atoms with Crippen molar-refractivity contribution in [3.8, 4) is 0 Å². The monoisotopic (exact) mass is 360 g/mol.